The highest BCUT2D eigenvalue weighted by molar-refractivity contribution is 9.10. The molecule has 82 valence electrons. The molecule has 0 aliphatic rings. The number of rotatable bonds is 5. The summed E-state index contributed by atoms with van der Waals surface area (Å²) in [6.07, 6.45) is 2.62. The molecule has 1 unspecified atom stereocenters. The van der Waals surface area contributed by atoms with Crippen molar-refractivity contribution >= 4 is 21.7 Å². The van der Waals surface area contributed by atoms with Gasteiger partial charge in [-0.1, -0.05) is 48.3 Å². The Kier molecular flexibility index (Phi) is 5.03. The number of halogens is 1. The van der Waals surface area contributed by atoms with Gasteiger partial charge in [0.05, 0.1) is 0 Å². The first-order valence-electron chi connectivity index (χ1n) is 5.40. The third-order valence-electron chi connectivity index (χ3n) is 2.54. The summed E-state index contributed by atoms with van der Waals surface area (Å²) in [7, 11) is 0. The van der Waals surface area contributed by atoms with E-state index in [-0.39, 0.29) is 5.92 Å². The fraction of sp³-hybridized carbons (Fsp3) is 0.462. The molecule has 1 rings (SSSR count). The summed E-state index contributed by atoms with van der Waals surface area (Å²) in [6, 6.07) is 7.96. The molecule has 1 aromatic rings. The van der Waals surface area contributed by atoms with Crippen LogP contribution in [0.3, 0.4) is 0 Å². The van der Waals surface area contributed by atoms with Crippen LogP contribution in [0.4, 0.5) is 0 Å². The third-order valence-corrected chi connectivity index (χ3v) is 3.03. The van der Waals surface area contributed by atoms with Gasteiger partial charge < -0.3 is 0 Å². The van der Waals surface area contributed by atoms with Gasteiger partial charge >= 0.3 is 0 Å². The molecule has 1 aromatic carbocycles. The molecular weight excluding hydrogens is 252 g/mol. The largest absolute Gasteiger partial charge is 0.299 e. The lowest BCUT2D eigenvalue weighted by molar-refractivity contribution is -0.121. The lowest BCUT2D eigenvalue weighted by atomic mass is 9.96. The zero-order valence-electron chi connectivity index (χ0n) is 9.29. The molecule has 15 heavy (non-hydrogen) atoms. The van der Waals surface area contributed by atoms with Crippen molar-refractivity contribution in [2.24, 2.45) is 5.92 Å². The maximum atomic E-state index is 11.8. The van der Waals surface area contributed by atoms with E-state index in [1.807, 2.05) is 31.2 Å². The van der Waals surface area contributed by atoms with E-state index in [1.54, 1.807) is 0 Å². The number of hydrogen-bond acceptors (Lipinski definition) is 1. The van der Waals surface area contributed by atoms with E-state index in [0.29, 0.717) is 12.2 Å². The molecule has 1 nitrogen and oxygen atoms in total. The van der Waals surface area contributed by atoms with Gasteiger partial charge in [0.25, 0.3) is 0 Å². The van der Waals surface area contributed by atoms with Crippen molar-refractivity contribution in [2.45, 2.75) is 33.1 Å². The molecule has 0 saturated heterocycles. The normalized spacial score (nSPS) is 12.5. The number of ketones is 1. The molecule has 2 heteroatoms. The van der Waals surface area contributed by atoms with Gasteiger partial charge in [0.2, 0.25) is 0 Å². The van der Waals surface area contributed by atoms with Crippen molar-refractivity contribution < 1.29 is 4.79 Å². The van der Waals surface area contributed by atoms with Crippen LogP contribution in [0.15, 0.2) is 28.7 Å². The standard InChI is InChI=1S/C13H17BrO/c1-3-5-10(2)13(15)9-11-6-4-7-12(14)8-11/h4,6-8,10H,3,5,9H2,1-2H3. The highest BCUT2D eigenvalue weighted by Crippen LogP contribution is 2.15. The summed E-state index contributed by atoms with van der Waals surface area (Å²) in [6.45, 7) is 4.13. The van der Waals surface area contributed by atoms with Crippen molar-refractivity contribution in [3.63, 3.8) is 0 Å². The van der Waals surface area contributed by atoms with Crippen molar-refractivity contribution in [3.05, 3.63) is 34.3 Å². The Morgan fingerprint density at radius 1 is 1.47 bits per heavy atom. The monoisotopic (exact) mass is 268 g/mol. The topological polar surface area (TPSA) is 17.1 Å². The van der Waals surface area contributed by atoms with Crippen LogP contribution >= 0.6 is 15.9 Å². The van der Waals surface area contributed by atoms with Gasteiger partial charge in [-0.25, -0.2) is 0 Å². The second kappa shape index (κ2) is 6.06. The van der Waals surface area contributed by atoms with Crippen molar-refractivity contribution in [2.75, 3.05) is 0 Å². The molecule has 0 saturated carbocycles. The second-order valence-electron chi connectivity index (χ2n) is 3.96. The molecule has 0 aliphatic heterocycles. The Hall–Kier alpha value is -0.630. The molecule has 0 bridgehead atoms. The summed E-state index contributed by atoms with van der Waals surface area (Å²) in [5.41, 5.74) is 1.09. The number of benzene rings is 1. The molecule has 0 fully saturated rings. The molecule has 0 N–H and O–H groups in total. The van der Waals surface area contributed by atoms with E-state index < -0.39 is 0 Å². The number of hydrogen-bond donors (Lipinski definition) is 0. The number of carbonyl (C=O) groups is 1. The Morgan fingerprint density at radius 3 is 2.80 bits per heavy atom. The van der Waals surface area contributed by atoms with Gasteiger partial charge in [-0.15, -0.1) is 0 Å². The zero-order valence-corrected chi connectivity index (χ0v) is 10.9. The maximum absolute atomic E-state index is 11.8. The SMILES string of the molecule is CCCC(C)C(=O)Cc1cccc(Br)c1. The smallest absolute Gasteiger partial charge is 0.140 e. The minimum Gasteiger partial charge on any atom is -0.299 e. The van der Waals surface area contributed by atoms with Crippen LogP contribution in [-0.2, 0) is 11.2 Å². The van der Waals surface area contributed by atoms with Gasteiger partial charge in [-0.3, -0.25) is 4.79 Å². The van der Waals surface area contributed by atoms with Crippen LogP contribution in [0.1, 0.15) is 32.3 Å². The second-order valence-corrected chi connectivity index (χ2v) is 4.88. The average Bonchev–Trinajstić information content (AvgIpc) is 2.18. The lowest BCUT2D eigenvalue weighted by Crippen LogP contribution is -2.13. The van der Waals surface area contributed by atoms with Gasteiger partial charge in [0.1, 0.15) is 5.78 Å². The van der Waals surface area contributed by atoms with Crippen LogP contribution in [0, 0.1) is 5.92 Å². The van der Waals surface area contributed by atoms with Crippen molar-refractivity contribution in [1.82, 2.24) is 0 Å². The molecule has 0 spiro atoms. The molecular formula is C13H17BrO. The van der Waals surface area contributed by atoms with Gasteiger partial charge in [-0.2, -0.15) is 0 Å². The lowest BCUT2D eigenvalue weighted by Gasteiger charge is -2.08. The molecule has 1 atom stereocenters. The summed E-state index contributed by atoms with van der Waals surface area (Å²) >= 11 is 3.41. The van der Waals surface area contributed by atoms with Gasteiger partial charge in [0.15, 0.2) is 0 Å². The van der Waals surface area contributed by atoms with Crippen LogP contribution in [0.5, 0.6) is 0 Å². The Balaban J connectivity index is 2.58. The summed E-state index contributed by atoms with van der Waals surface area (Å²) in [5, 5.41) is 0. The van der Waals surface area contributed by atoms with E-state index in [0.717, 1.165) is 22.9 Å². The van der Waals surface area contributed by atoms with E-state index in [9.17, 15) is 4.79 Å². The highest BCUT2D eigenvalue weighted by Gasteiger charge is 2.12. The number of carbonyl (C=O) groups excluding carboxylic acids is 1. The number of Topliss-reactive ketones (excluding diaryl/α,β-unsaturated/α-hetero) is 1. The molecule has 0 aromatic heterocycles. The van der Waals surface area contributed by atoms with E-state index in [4.69, 9.17) is 0 Å². The minimum atomic E-state index is 0.189. The maximum Gasteiger partial charge on any atom is 0.140 e. The first-order valence-corrected chi connectivity index (χ1v) is 6.20. The van der Waals surface area contributed by atoms with E-state index in [1.165, 1.54) is 0 Å². The predicted molar refractivity (Wildman–Crippen MR) is 66.9 cm³/mol. The van der Waals surface area contributed by atoms with Crippen molar-refractivity contribution in [1.29, 1.82) is 0 Å². The predicted octanol–water partition coefficient (Wildman–Crippen LogP) is 4.00. The van der Waals surface area contributed by atoms with E-state index in [2.05, 4.69) is 22.9 Å². The van der Waals surface area contributed by atoms with Crippen LogP contribution in [0.25, 0.3) is 0 Å². The average molecular weight is 269 g/mol. The van der Waals surface area contributed by atoms with E-state index >= 15 is 0 Å². The van der Waals surface area contributed by atoms with Gasteiger partial charge in [-0.05, 0) is 24.1 Å². The summed E-state index contributed by atoms with van der Waals surface area (Å²) < 4.78 is 1.04. The van der Waals surface area contributed by atoms with Crippen molar-refractivity contribution in [3.8, 4) is 0 Å². The van der Waals surface area contributed by atoms with Crippen LogP contribution in [-0.4, -0.2) is 5.78 Å². The third kappa shape index (κ3) is 4.17. The summed E-state index contributed by atoms with van der Waals surface area (Å²) in [4.78, 5) is 11.8. The first kappa shape index (κ1) is 12.4. The quantitative estimate of drug-likeness (QED) is 0.789. The molecule has 0 aliphatic carbocycles. The first-order chi connectivity index (χ1) is 7.13. The molecule has 0 radical (unpaired) electrons. The highest BCUT2D eigenvalue weighted by atomic mass is 79.9. The Labute approximate surface area is 100 Å². The molecule has 0 heterocycles. The fourth-order valence-corrected chi connectivity index (χ4v) is 2.06. The Bertz CT molecular complexity index is 333. The summed E-state index contributed by atoms with van der Waals surface area (Å²) in [5.74, 6) is 0.531. The zero-order chi connectivity index (χ0) is 11.3. The minimum absolute atomic E-state index is 0.189. The Morgan fingerprint density at radius 2 is 2.20 bits per heavy atom. The fourth-order valence-electron chi connectivity index (χ4n) is 1.62. The molecule has 0 amide bonds. The van der Waals surface area contributed by atoms with Crippen LogP contribution < -0.4 is 0 Å². The van der Waals surface area contributed by atoms with Gasteiger partial charge in [0, 0.05) is 16.8 Å². The van der Waals surface area contributed by atoms with Crippen LogP contribution in [0.2, 0.25) is 0 Å².